The van der Waals surface area contributed by atoms with Crippen LogP contribution in [0.25, 0.3) is 0 Å². The minimum absolute atomic E-state index is 0.0787. The summed E-state index contributed by atoms with van der Waals surface area (Å²) in [6, 6.07) is 9.23. The number of ether oxygens (including phenoxy) is 1. The van der Waals surface area contributed by atoms with Crippen LogP contribution in [0, 0.1) is 5.82 Å². The Morgan fingerprint density at radius 3 is 2.68 bits per heavy atom. The van der Waals surface area contributed by atoms with E-state index >= 15 is 0 Å². The molecule has 0 heterocycles. The first-order valence-electron chi connectivity index (χ1n) is 5.85. The summed E-state index contributed by atoms with van der Waals surface area (Å²) >= 11 is 6.00. The van der Waals surface area contributed by atoms with Crippen LogP contribution >= 0.6 is 11.6 Å². The van der Waals surface area contributed by atoms with Crippen LogP contribution in [-0.2, 0) is 6.42 Å². The lowest BCUT2D eigenvalue weighted by molar-refractivity contribution is 0.112. The van der Waals surface area contributed by atoms with Crippen molar-refractivity contribution in [3.63, 3.8) is 0 Å². The molecule has 4 heteroatoms. The Morgan fingerprint density at radius 1 is 1.26 bits per heavy atom. The second kappa shape index (κ2) is 5.85. The second-order valence-electron chi connectivity index (χ2n) is 4.02. The lowest BCUT2D eigenvalue weighted by Crippen LogP contribution is -1.92. The highest BCUT2D eigenvalue weighted by molar-refractivity contribution is 6.31. The maximum absolute atomic E-state index is 13.7. The normalized spacial score (nSPS) is 10.3. The Labute approximate surface area is 115 Å². The summed E-state index contributed by atoms with van der Waals surface area (Å²) in [6.07, 6.45) is 1.35. The molecule has 0 atom stereocenters. The second-order valence-corrected chi connectivity index (χ2v) is 4.42. The molecular formula is C15H12ClFO2. The lowest BCUT2D eigenvalue weighted by atomic mass is 10.1. The van der Waals surface area contributed by atoms with Crippen LogP contribution in [0.1, 0.15) is 22.8 Å². The summed E-state index contributed by atoms with van der Waals surface area (Å²) in [5.41, 5.74) is 1.21. The Kier molecular flexibility index (Phi) is 4.17. The molecule has 0 amide bonds. The third-order valence-corrected chi connectivity index (χ3v) is 3.09. The molecule has 2 aromatic carbocycles. The van der Waals surface area contributed by atoms with Crippen molar-refractivity contribution in [3.8, 4) is 11.5 Å². The summed E-state index contributed by atoms with van der Waals surface area (Å²) in [5.74, 6) is 0.0200. The molecule has 0 saturated carbocycles. The van der Waals surface area contributed by atoms with E-state index in [4.69, 9.17) is 16.3 Å². The van der Waals surface area contributed by atoms with Gasteiger partial charge in [0.2, 0.25) is 0 Å². The van der Waals surface area contributed by atoms with Crippen LogP contribution in [0.3, 0.4) is 0 Å². The average molecular weight is 279 g/mol. The van der Waals surface area contributed by atoms with Crippen molar-refractivity contribution >= 4 is 17.9 Å². The molecule has 2 rings (SSSR count). The predicted octanol–water partition coefficient (Wildman–Crippen LogP) is 4.65. The predicted molar refractivity (Wildman–Crippen MR) is 72.7 cm³/mol. The number of carbonyl (C=O) groups excluding carboxylic acids is 1. The Balaban J connectivity index is 2.28. The largest absolute Gasteiger partial charge is 0.454 e. The number of aldehydes is 1. The highest BCUT2D eigenvalue weighted by Crippen LogP contribution is 2.28. The molecule has 0 saturated heterocycles. The number of carbonyl (C=O) groups is 1. The van der Waals surface area contributed by atoms with Gasteiger partial charge in [-0.1, -0.05) is 18.5 Å². The van der Waals surface area contributed by atoms with E-state index in [9.17, 15) is 9.18 Å². The zero-order chi connectivity index (χ0) is 13.8. The van der Waals surface area contributed by atoms with Gasteiger partial charge in [0.05, 0.1) is 0 Å². The van der Waals surface area contributed by atoms with Crippen LogP contribution in [0.2, 0.25) is 5.02 Å². The molecule has 0 spiro atoms. The van der Waals surface area contributed by atoms with Gasteiger partial charge in [0.1, 0.15) is 12.0 Å². The van der Waals surface area contributed by atoms with Gasteiger partial charge in [-0.05, 0) is 48.4 Å². The van der Waals surface area contributed by atoms with Gasteiger partial charge in [-0.15, -0.1) is 0 Å². The van der Waals surface area contributed by atoms with Gasteiger partial charge in [-0.2, -0.15) is 0 Å². The maximum atomic E-state index is 13.7. The smallest absolute Gasteiger partial charge is 0.166 e. The van der Waals surface area contributed by atoms with E-state index < -0.39 is 5.82 Å². The van der Waals surface area contributed by atoms with E-state index in [0.717, 1.165) is 18.1 Å². The molecular weight excluding hydrogens is 267 g/mol. The van der Waals surface area contributed by atoms with Crippen molar-refractivity contribution in [3.05, 3.63) is 58.4 Å². The van der Waals surface area contributed by atoms with E-state index in [0.29, 0.717) is 17.1 Å². The van der Waals surface area contributed by atoms with Gasteiger partial charge in [0, 0.05) is 10.6 Å². The van der Waals surface area contributed by atoms with Crippen molar-refractivity contribution < 1.29 is 13.9 Å². The van der Waals surface area contributed by atoms with E-state index in [2.05, 4.69) is 0 Å². The van der Waals surface area contributed by atoms with Crippen LogP contribution in [0.4, 0.5) is 4.39 Å². The molecule has 0 aliphatic carbocycles. The van der Waals surface area contributed by atoms with Gasteiger partial charge >= 0.3 is 0 Å². The first-order valence-corrected chi connectivity index (χ1v) is 6.23. The molecule has 2 aromatic rings. The first kappa shape index (κ1) is 13.6. The molecule has 0 N–H and O–H groups in total. The van der Waals surface area contributed by atoms with Gasteiger partial charge in [-0.3, -0.25) is 4.79 Å². The number of rotatable bonds is 4. The third-order valence-electron chi connectivity index (χ3n) is 2.72. The monoisotopic (exact) mass is 278 g/mol. The quantitative estimate of drug-likeness (QED) is 0.761. The minimum atomic E-state index is -0.572. The zero-order valence-electron chi connectivity index (χ0n) is 10.3. The summed E-state index contributed by atoms with van der Waals surface area (Å²) in [4.78, 5) is 10.5. The fraction of sp³-hybridized carbons (Fsp3) is 0.133. The van der Waals surface area contributed by atoms with E-state index in [1.54, 1.807) is 18.2 Å². The van der Waals surface area contributed by atoms with Crippen molar-refractivity contribution in [2.75, 3.05) is 0 Å². The highest BCUT2D eigenvalue weighted by atomic mass is 35.5. The van der Waals surface area contributed by atoms with Crippen molar-refractivity contribution in [2.45, 2.75) is 13.3 Å². The molecule has 19 heavy (non-hydrogen) atoms. The molecule has 0 unspecified atom stereocenters. The molecule has 98 valence electrons. The highest BCUT2D eigenvalue weighted by Gasteiger charge is 2.07. The Morgan fingerprint density at radius 2 is 2.05 bits per heavy atom. The molecule has 0 aliphatic rings. The van der Waals surface area contributed by atoms with Crippen molar-refractivity contribution in [1.29, 1.82) is 0 Å². The molecule has 0 fully saturated rings. The van der Waals surface area contributed by atoms with Gasteiger partial charge in [0.25, 0.3) is 0 Å². The van der Waals surface area contributed by atoms with E-state index in [1.165, 1.54) is 12.1 Å². The number of hydrogen-bond donors (Lipinski definition) is 0. The van der Waals surface area contributed by atoms with Crippen LogP contribution in [0.5, 0.6) is 11.5 Å². The van der Waals surface area contributed by atoms with E-state index in [1.807, 2.05) is 6.92 Å². The topological polar surface area (TPSA) is 26.3 Å². The number of halogens is 2. The Bertz CT molecular complexity index is 611. The molecule has 0 aliphatic heterocycles. The number of benzene rings is 2. The minimum Gasteiger partial charge on any atom is -0.454 e. The fourth-order valence-electron chi connectivity index (χ4n) is 1.69. The Hall–Kier alpha value is -1.87. The number of aryl methyl sites for hydroxylation is 1. The van der Waals surface area contributed by atoms with E-state index in [-0.39, 0.29) is 11.3 Å². The van der Waals surface area contributed by atoms with Crippen LogP contribution in [0.15, 0.2) is 36.4 Å². The summed E-state index contributed by atoms with van der Waals surface area (Å²) in [6.45, 7) is 1.98. The van der Waals surface area contributed by atoms with Crippen LogP contribution in [-0.4, -0.2) is 6.29 Å². The fourth-order valence-corrected chi connectivity index (χ4v) is 1.94. The maximum Gasteiger partial charge on any atom is 0.166 e. The molecule has 0 aromatic heterocycles. The first-order chi connectivity index (χ1) is 9.13. The van der Waals surface area contributed by atoms with Gasteiger partial charge in [0.15, 0.2) is 11.6 Å². The third kappa shape index (κ3) is 3.12. The lowest BCUT2D eigenvalue weighted by Gasteiger charge is -2.09. The van der Waals surface area contributed by atoms with Crippen LogP contribution < -0.4 is 4.74 Å². The summed E-state index contributed by atoms with van der Waals surface area (Å²) in [5, 5.41) is 0.659. The zero-order valence-corrected chi connectivity index (χ0v) is 11.1. The van der Waals surface area contributed by atoms with Gasteiger partial charge in [-0.25, -0.2) is 4.39 Å². The summed E-state index contributed by atoms with van der Waals surface area (Å²) < 4.78 is 19.1. The van der Waals surface area contributed by atoms with Crippen molar-refractivity contribution in [1.82, 2.24) is 0 Å². The molecule has 2 nitrogen and oxygen atoms in total. The van der Waals surface area contributed by atoms with Crippen molar-refractivity contribution in [2.24, 2.45) is 0 Å². The number of hydrogen-bond acceptors (Lipinski definition) is 2. The average Bonchev–Trinajstić information content (AvgIpc) is 2.43. The molecule has 0 radical (unpaired) electrons. The summed E-state index contributed by atoms with van der Waals surface area (Å²) in [7, 11) is 0. The van der Waals surface area contributed by atoms with Gasteiger partial charge < -0.3 is 4.74 Å². The standard InChI is InChI=1S/C15H12ClFO2/c1-2-11-8-12(4-5-13(11)16)19-15-6-3-10(9-18)7-14(15)17/h3-9H,2H2,1H3. The molecule has 0 bridgehead atoms. The SMILES string of the molecule is CCc1cc(Oc2ccc(C=O)cc2F)ccc1Cl.